The van der Waals surface area contributed by atoms with Gasteiger partial charge in [-0.3, -0.25) is 19.9 Å². The van der Waals surface area contributed by atoms with Gasteiger partial charge in [0, 0.05) is 24.9 Å². The van der Waals surface area contributed by atoms with Crippen molar-refractivity contribution in [2.75, 3.05) is 10.6 Å². The standard InChI is InChI=1S/C24H20N4O3S/c1-16(29)26-18-8-11-21-22(14-18)32-24(27-21)28-23(30)12-7-17-5-9-20(10-6-17)31-15-19-4-2-3-13-25-19/h2-14H,15H2,1H3,(H,26,29)(H,27,28,30)/b12-7+. The van der Waals surface area contributed by atoms with Crippen LogP contribution < -0.4 is 15.4 Å². The molecule has 160 valence electrons. The van der Waals surface area contributed by atoms with Crippen molar-refractivity contribution in [1.82, 2.24) is 9.97 Å². The van der Waals surface area contributed by atoms with Gasteiger partial charge in [0.2, 0.25) is 11.8 Å². The highest BCUT2D eigenvalue weighted by atomic mass is 32.1. The van der Waals surface area contributed by atoms with Gasteiger partial charge in [-0.05, 0) is 54.1 Å². The molecular formula is C24H20N4O3S. The first-order valence-electron chi connectivity index (χ1n) is 9.85. The molecule has 0 aliphatic rings. The van der Waals surface area contributed by atoms with Gasteiger partial charge in [-0.15, -0.1) is 0 Å². The Morgan fingerprint density at radius 2 is 1.91 bits per heavy atom. The summed E-state index contributed by atoms with van der Waals surface area (Å²) in [5.74, 6) is 0.312. The van der Waals surface area contributed by atoms with Gasteiger partial charge in [0.25, 0.3) is 0 Å². The van der Waals surface area contributed by atoms with Crippen LogP contribution in [0.2, 0.25) is 0 Å². The molecule has 32 heavy (non-hydrogen) atoms. The zero-order valence-corrected chi connectivity index (χ0v) is 18.1. The lowest BCUT2D eigenvalue weighted by Gasteiger charge is -2.05. The van der Waals surface area contributed by atoms with Crippen molar-refractivity contribution in [1.29, 1.82) is 0 Å². The van der Waals surface area contributed by atoms with E-state index in [-0.39, 0.29) is 11.8 Å². The van der Waals surface area contributed by atoms with E-state index in [0.717, 1.165) is 27.2 Å². The molecule has 0 fully saturated rings. The Balaban J connectivity index is 1.33. The predicted octanol–water partition coefficient (Wildman–Crippen LogP) is 4.88. The Morgan fingerprint density at radius 1 is 1.06 bits per heavy atom. The molecule has 0 bridgehead atoms. The van der Waals surface area contributed by atoms with Crippen molar-refractivity contribution in [2.45, 2.75) is 13.5 Å². The highest BCUT2D eigenvalue weighted by Gasteiger charge is 2.07. The van der Waals surface area contributed by atoms with Gasteiger partial charge in [-0.1, -0.05) is 29.5 Å². The highest BCUT2D eigenvalue weighted by Crippen LogP contribution is 2.28. The second kappa shape index (κ2) is 9.84. The van der Waals surface area contributed by atoms with Crippen LogP contribution in [0.3, 0.4) is 0 Å². The summed E-state index contributed by atoms with van der Waals surface area (Å²) in [5, 5.41) is 6.00. The Bertz CT molecular complexity index is 1270. The average molecular weight is 445 g/mol. The average Bonchev–Trinajstić information content (AvgIpc) is 3.18. The van der Waals surface area contributed by atoms with Crippen LogP contribution >= 0.6 is 11.3 Å². The SMILES string of the molecule is CC(=O)Nc1ccc2nc(NC(=O)/C=C/c3ccc(OCc4ccccn4)cc3)sc2c1. The largest absolute Gasteiger partial charge is 0.487 e. The van der Waals surface area contributed by atoms with E-state index in [2.05, 4.69) is 20.6 Å². The van der Waals surface area contributed by atoms with Crippen molar-refractivity contribution < 1.29 is 14.3 Å². The maximum atomic E-state index is 12.3. The number of amides is 2. The van der Waals surface area contributed by atoms with E-state index in [4.69, 9.17) is 4.74 Å². The summed E-state index contributed by atoms with van der Waals surface area (Å²) >= 11 is 1.34. The second-order valence-corrected chi connectivity index (χ2v) is 7.91. The molecule has 0 unspecified atom stereocenters. The summed E-state index contributed by atoms with van der Waals surface area (Å²) in [5.41, 5.74) is 3.17. The van der Waals surface area contributed by atoms with E-state index >= 15 is 0 Å². The number of hydrogen-bond acceptors (Lipinski definition) is 6. The summed E-state index contributed by atoms with van der Waals surface area (Å²) in [6.45, 7) is 1.85. The molecule has 0 saturated carbocycles. The first-order chi connectivity index (χ1) is 15.5. The third-order valence-corrected chi connectivity index (χ3v) is 5.29. The predicted molar refractivity (Wildman–Crippen MR) is 127 cm³/mol. The molecule has 2 N–H and O–H groups in total. The first-order valence-corrected chi connectivity index (χ1v) is 10.7. The summed E-state index contributed by atoms with van der Waals surface area (Å²) in [4.78, 5) is 32.1. The van der Waals surface area contributed by atoms with Crippen molar-refractivity contribution in [3.63, 3.8) is 0 Å². The highest BCUT2D eigenvalue weighted by molar-refractivity contribution is 7.22. The van der Waals surface area contributed by atoms with Crippen molar-refractivity contribution in [2.24, 2.45) is 0 Å². The Labute approximate surface area is 188 Å². The summed E-state index contributed by atoms with van der Waals surface area (Å²) < 4.78 is 6.59. The van der Waals surface area contributed by atoms with Crippen molar-refractivity contribution in [3.05, 3.63) is 84.2 Å². The Morgan fingerprint density at radius 3 is 2.66 bits per heavy atom. The number of pyridine rings is 1. The fraction of sp³-hybridized carbons (Fsp3) is 0.0833. The number of aromatic nitrogens is 2. The molecule has 7 nitrogen and oxygen atoms in total. The quantitative estimate of drug-likeness (QED) is 0.396. The minimum Gasteiger partial charge on any atom is -0.487 e. The molecule has 0 aliphatic carbocycles. The maximum Gasteiger partial charge on any atom is 0.250 e. The number of ether oxygens (including phenoxy) is 1. The van der Waals surface area contributed by atoms with Gasteiger partial charge < -0.3 is 10.1 Å². The van der Waals surface area contributed by atoms with Crippen LogP contribution in [-0.4, -0.2) is 21.8 Å². The van der Waals surface area contributed by atoms with Gasteiger partial charge in [-0.2, -0.15) is 0 Å². The number of rotatable bonds is 7. The van der Waals surface area contributed by atoms with Crippen LogP contribution in [0.5, 0.6) is 5.75 Å². The van der Waals surface area contributed by atoms with E-state index in [0.29, 0.717) is 17.4 Å². The van der Waals surface area contributed by atoms with Crippen LogP contribution in [0.15, 0.2) is 72.9 Å². The number of nitrogens with one attached hydrogen (secondary N) is 2. The van der Waals surface area contributed by atoms with Gasteiger partial charge in [0.1, 0.15) is 12.4 Å². The Kier molecular flexibility index (Phi) is 6.52. The van der Waals surface area contributed by atoms with Crippen LogP contribution in [0.4, 0.5) is 10.8 Å². The third-order valence-electron chi connectivity index (χ3n) is 4.36. The van der Waals surface area contributed by atoms with Gasteiger partial charge >= 0.3 is 0 Å². The molecule has 0 saturated heterocycles. The fourth-order valence-electron chi connectivity index (χ4n) is 2.89. The van der Waals surface area contributed by atoms with Crippen LogP contribution in [0, 0.1) is 0 Å². The second-order valence-electron chi connectivity index (χ2n) is 6.88. The van der Waals surface area contributed by atoms with Gasteiger partial charge in [0.15, 0.2) is 5.13 Å². The van der Waals surface area contributed by atoms with Crippen molar-refractivity contribution >= 4 is 50.3 Å². The zero-order chi connectivity index (χ0) is 22.3. The monoisotopic (exact) mass is 444 g/mol. The van der Waals surface area contributed by atoms with Gasteiger partial charge in [-0.25, -0.2) is 4.98 Å². The van der Waals surface area contributed by atoms with E-state index in [9.17, 15) is 9.59 Å². The lowest BCUT2D eigenvalue weighted by molar-refractivity contribution is -0.114. The minimum atomic E-state index is -0.276. The topological polar surface area (TPSA) is 93.2 Å². The molecule has 0 radical (unpaired) electrons. The lowest BCUT2D eigenvalue weighted by Crippen LogP contribution is -2.07. The molecule has 4 aromatic rings. The fourth-order valence-corrected chi connectivity index (χ4v) is 3.80. The molecular weight excluding hydrogens is 424 g/mol. The third kappa shape index (κ3) is 5.77. The van der Waals surface area contributed by atoms with E-state index < -0.39 is 0 Å². The number of nitrogens with zero attached hydrogens (tertiary/aromatic N) is 2. The molecule has 0 spiro atoms. The van der Waals surface area contributed by atoms with Crippen LogP contribution in [0.25, 0.3) is 16.3 Å². The number of fused-ring (bicyclic) bond motifs is 1. The number of carbonyl (C=O) groups is 2. The lowest BCUT2D eigenvalue weighted by atomic mass is 10.2. The van der Waals surface area contributed by atoms with E-state index in [1.54, 1.807) is 24.4 Å². The number of benzene rings is 2. The molecule has 8 heteroatoms. The molecule has 0 aliphatic heterocycles. The molecule has 4 rings (SSSR count). The van der Waals surface area contributed by atoms with Crippen LogP contribution in [-0.2, 0) is 16.2 Å². The van der Waals surface area contributed by atoms with E-state index in [1.807, 2.05) is 48.5 Å². The summed E-state index contributed by atoms with van der Waals surface area (Å²) in [6, 6.07) is 18.5. The first kappa shape index (κ1) is 21.2. The van der Waals surface area contributed by atoms with Crippen LogP contribution in [0.1, 0.15) is 18.2 Å². The molecule has 2 amide bonds. The molecule has 2 heterocycles. The summed E-state index contributed by atoms with van der Waals surface area (Å²) in [7, 11) is 0. The number of hydrogen-bond donors (Lipinski definition) is 2. The number of carbonyl (C=O) groups excluding carboxylic acids is 2. The molecule has 0 atom stereocenters. The Hall–Kier alpha value is -4.04. The number of thiazole rings is 1. The smallest absolute Gasteiger partial charge is 0.250 e. The molecule has 2 aromatic carbocycles. The maximum absolute atomic E-state index is 12.3. The van der Waals surface area contributed by atoms with Gasteiger partial charge in [0.05, 0.1) is 15.9 Å². The normalized spacial score (nSPS) is 10.9. The minimum absolute atomic E-state index is 0.139. The van der Waals surface area contributed by atoms with E-state index in [1.165, 1.54) is 24.3 Å². The number of anilines is 2. The zero-order valence-electron chi connectivity index (χ0n) is 17.2. The summed E-state index contributed by atoms with van der Waals surface area (Å²) in [6.07, 6.45) is 4.91. The molecule has 2 aromatic heterocycles. The van der Waals surface area contributed by atoms with Crippen molar-refractivity contribution in [3.8, 4) is 5.75 Å².